The van der Waals surface area contributed by atoms with E-state index in [-0.39, 0.29) is 0 Å². The molecular weight excluding hydrogens is 300 g/mol. The zero-order chi connectivity index (χ0) is 12.3. The van der Waals surface area contributed by atoms with Gasteiger partial charge in [0.15, 0.2) is 5.17 Å². The minimum Gasteiger partial charge on any atom is -0.495 e. The Balaban J connectivity index is 2.08. The minimum absolute atomic E-state index is 0.671. The summed E-state index contributed by atoms with van der Waals surface area (Å²) >= 11 is 5.21. The number of anilines is 1. The van der Waals surface area contributed by atoms with Gasteiger partial charge in [-0.05, 0) is 34.0 Å². The van der Waals surface area contributed by atoms with Crippen LogP contribution < -0.4 is 10.1 Å². The summed E-state index contributed by atoms with van der Waals surface area (Å²) in [4.78, 5) is 4.50. The van der Waals surface area contributed by atoms with Crippen LogP contribution in [0.5, 0.6) is 5.75 Å². The van der Waals surface area contributed by atoms with Crippen LogP contribution in [0.3, 0.4) is 0 Å². The molecule has 0 amide bonds. The van der Waals surface area contributed by atoms with Crippen molar-refractivity contribution in [2.75, 3.05) is 24.7 Å². The lowest BCUT2D eigenvalue weighted by atomic mass is 10.2. The highest BCUT2D eigenvalue weighted by Gasteiger charge is 2.12. The van der Waals surface area contributed by atoms with Crippen LogP contribution in [0.2, 0.25) is 0 Å². The summed E-state index contributed by atoms with van der Waals surface area (Å²) in [6, 6.07) is 5.94. The van der Waals surface area contributed by atoms with E-state index in [2.05, 4.69) is 33.2 Å². The number of aliphatic imine (C=N–C) groups is 1. The van der Waals surface area contributed by atoms with Crippen molar-refractivity contribution in [1.82, 2.24) is 0 Å². The standard InChI is InChI=1S/C12H15BrN2OS/c1-8-6-14-12(17-7-8)15-9-3-4-10(13)11(5-9)16-2/h3-5,8H,6-7H2,1-2H3,(H,14,15). The van der Waals surface area contributed by atoms with E-state index in [1.165, 1.54) is 0 Å². The average Bonchev–Trinajstić information content (AvgIpc) is 2.34. The molecule has 1 aromatic carbocycles. The van der Waals surface area contributed by atoms with Crippen molar-refractivity contribution in [1.29, 1.82) is 0 Å². The molecule has 1 N–H and O–H groups in total. The van der Waals surface area contributed by atoms with E-state index >= 15 is 0 Å². The highest BCUT2D eigenvalue weighted by molar-refractivity contribution is 9.10. The van der Waals surface area contributed by atoms with Crippen LogP contribution in [0.25, 0.3) is 0 Å². The summed E-state index contributed by atoms with van der Waals surface area (Å²) in [5.41, 5.74) is 1.01. The van der Waals surface area contributed by atoms with Gasteiger partial charge in [0.1, 0.15) is 5.75 Å². The van der Waals surface area contributed by atoms with Crippen LogP contribution in [0.4, 0.5) is 5.69 Å². The Bertz CT molecular complexity index is 437. The molecule has 1 heterocycles. The van der Waals surface area contributed by atoms with Gasteiger partial charge in [0.25, 0.3) is 0 Å². The highest BCUT2D eigenvalue weighted by atomic mass is 79.9. The van der Waals surface area contributed by atoms with Crippen LogP contribution in [-0.4, -0.2) is 24.6 Å². The lowest BCUT2D eigenvalue weighted by Crippen LogP contribution is -2.18. The number of thioether (sulfide) groups is 1. The van der Waals surface area contributed by atoms with Gasteiger partial charge >= 0.3 is 0 Å². The second kappa shape index (κ2) is 5.78. The summed E-state index contributed by atoms with van der Waals surface area (Å²) in [6.07, 6.45) is 0. The van der Waals surface area contributed by atoms with Crippen LogP contribution in [0, 0.1) is 5.92 Å². The molecule has 1 aliphatic heterocycles. The first kappa shape index (κ1) is 12.8. The van der Waals surface area contributed by atoms with E-state index in [9.17, 15) is 0 Å². The zero-order valence-corrected chi connectivity index (χ0v) is 12.3. The lowest BCUT2D eigenvalue weighted by molar-refractivity contribution is 0.412. The molecule has 2 rings (SSSR count). The van der Waals surface area contributed by atoms with Crippen molar-refractivity contribution in [3.63, 3.8) is 0 Å². The number of benzene rings is 1. The number of rotatable bonds is 2. The summed E-state index contributed by atoms with van der Waals surface area (Å²) in [6.45, 7) is 3.12. The summed E-state index contributed by atoms with van der Waals surface area (Å²) in [5.74, 6) is 2.62. The SMILES string of the molecule is COc1cc(NC2=NCC(C)CS2)ccc1Br. The van der Waals surface area contributed by atoms with E-state index in [1.807, 2.05) is 18.2 Å². The maximum Gasteiger partial charge on any atom is 0.161 e. The first-order valence-corrected chi connectivity index (χ1v) is 7.24. The predicted molar refractivity (Wildman–Crippen MR) is 78.2 cm³/mol. The third-order valence-electron chi connectivity index (χ3n) is 2.45. The van der Waals surface area contributed by atoms with E-state index in [0.717, 1.165) is 33.4 Å². The monoisotopic (exact) mass is 314 g/mol. The van der Waals surface area contributed by atoms with Crippen LogP contribution in [0.1, 0.15) is 6.92 Å². The molecule has 0 bridgehead atoms. The molecule has 0 spiro atoms. The lowest BCUT2D eigenvalue weighted by Gasteiger charge is -2.18. The Kier molecular flexibility index (Phi) is 4.34. The molecule has 1 atom stereocenters. The Morgan fingerprint density at radius 1 is 1.53 bits per heavy atom. The van der Waals surface area contributed by atoms with E-state index < -0.39 is 0 Å². The fourth-order valence-electron chi connectivity index (χ4n) is 1.49. The van der Waals surface area contributed by atoms with Crippen molar-refractivity contribution in [2.24, 2.45) is 10.9 Å². The molecule has 0 saturated carbocycles. The number of halogens is 1. The third-order valence-corrected chi connectivity index (χ3v) is 4.35. The fraction of sp³-hybridized carbons (Fsp3) is 0.417. The second-order valence-corrected chi connectivity index (χ2v) is 5.90. The van der Waals surface area contributed by atoms with Gasteiger partial charge in [0.2, 0.25) is 0 Å². The quantitative estimate of drug-likeness (QED) is 0.905. The number of nitrogens with zero attached hydrogens (tertiary/aromatic N) is 1. The van der Waals surface area contributed by atoms with Gasteiger partial charge < -0.3 is 10.1 Å². The molecule has 1 aromatic rings. The molecule has 0 radical (unpaired) electrons. The number of amidine groups is 1. The molecule has 5 heteroatoms. The largest absolute Gasteiger partial charge is 0.495 e. The van der Waals surface area contributed by atoms with Crippen LogP contribution >= 0.6 is 27.7 Å². The molecular formula is C12H15BrN2OS. The maximum atomic E-state index is 5.26. The van der Waals surface area contributed by atoms with Gasteiger partial charge in [-0.3, -0.25) is 4.99 Å². The van der Waals surface area contributed by atoms with Crippen LogP contribution in [-0.2, 0) is 0 Å². The maximum absolute atomic E-state index is 5.26. The average molecular weight is 315 g/mol. The first-order valence-electron chi connectivity index (χ1n) is 5.47. The molecule has 0 aromatic heterocycles. The Morgan fingerprint density at radius 2 is 2.35 bits per heavy atom. The van der Waals surface area contributed by atoms with Gasteiger partial charge in [-0.15, -0.1) is 0 Å². The van der Waals surface area contributed by atoms with Gasteiger partial charge in [-0.1, -0.05) is 18.7 Å². The molecule has 92 valence electrons. The van der Waals surface area contributed by atoms with Crippen molar-refractivity contribution in [3.8, 4) is 5.75 Å². The van der Waals surface area contributed by atoms with Crippen molar-refractivity contribution in [3.05, 3.63) is 22.7 Å². The molecule has 1 unspecified atom stereocenters. The molecule has 1 aliphatic rings. The van der Waals surface area contributed by atoms with Crippen LogP contribution in [0.15, 0.2) is 27.7 Å². The topological polar surface area (TPSA) is 33.6 Å². The summed E-state index contributed by atoms with van der Waals surface area (Å²) in [5, 5.41) is 4.31. The Hall–Kier alpha value is -0.680. The van der Waals surface area contributed by atoms with Gasteiger partial charge in [-0.25, -0.2) is 0 Å². The van der Waals surface area contributed by atoms with Gasteiger partial charge in [-0.2, -0.15) is 0 Å². The smallest absolute Gasteiger partial charge is 0.161 e. The molecule has 17 heavy (non-hydrogen) atoms. The van der Waals surface area contributed by atoms with E-state index in [4.69, 9.17) is 4.74 Å². The molecule has 0 fully saturated rings. The van der Waals surface area contributed by atoms with Crippen molar-refractivity contribution in [2.45, 2.75) is 6.92 Å². The van der Waals surface area contributed by atoms with Crippen molar-refractivity contribution >= 4 is 38.5 Å². The molecule has 0 aliphatic carbocycles. The number of methoxy groups -OCH3 is 1. The number of ether oxygens (including phenoxy) is 1. The third kappa shape index (κ3) is 3.39. The Labute approximate surface area is 114 Å². The summed E-state index contributed by atoms with van der Waals surface area (Å²) < 4.78 is 6.21. The number of hydrogen-bond donors (Lipinski definition) is 1. The molecule has 0 saturated heterocycles. The van der Waals surface area contributed by atoms with E-state index in [0.29, 0.717) is 5.92 Å². The molecule has 3 nitrogen and oxygen atoms in total. The first-order chi connectivity index (χ1) is 8.19. The predicted octanol–water partition coefficient (Wildman–Crippen LogP) is 3.61. The van der Waals surface area contributed by atoms with Crippen molar-refractivity contribution < 1.29 is 4.74 Å². The van der Waals surface area contributed by atoms with Gasteiger partial charge in [0, 0.05) is 24.1 Å². The minimum atomic E-state index is 0.671. The Morgan fingerprint density at radius 3 is 3.00 bits per heavy atom. The van der Waals surface area contributed by atoms with E-state index in [1.54, 1.807) is 18.9 Å². The highest BCUT2D eigenvalue weighted by Crippen LogP contribution is 2.28. The fourth-order valence-corrected chi connectivity index (χ4v) is 2.81. The zero-order valence-electron chi connectivity index (χ0n) is 9.87. The second-order valence-electron chi connectivity index (χ2n) is 4.04. The summed E-state index contributed by atoms with van der Waals surface area (Å²) in [7, 11) is 1.67. The normalized spacial score (nSPS) is 19.7. The number of hydrogen-bond acceptors (Lipinski definition) is 4. The van der Waals surface area contributed by atoms with Gasteiger partial charge in [0.05, 0.1) is 11.6 Å². The number of nitrogens with one attached hydrogen (secondary N) is 1.